The predicted octanol–water partition coefficient (Wildman–Crippen LogP) is 1.49. The van der Waals surface area contributed by atoms with Gasteiger partial charge in [-0.3, -0.25) is 5.10 Å². The molecule has 94 valence electrons. The van der Waals surface area contributed by atoms with Gasteiger partial charge in [-0.1, -0.05) is 15.9 Å². The number of fused-ring (bicyclic) bond motifs is 2. The zero-order valence-electron chi connectivity index (χ0n) is 9.21. The van der Waals surface area contributed by atoms with E-state index in [1.807, 2.05) is 0 Å². The third kappa shape index (κ3) is 1.84. The molecule has 5 nitrogen and oxygen atoms in total. The van der Waals surface area contributed by atoms with Crippen molar-refractivity contribution in [1.29, 1.82) is 0 Å². The first-order chi connectivity index (χ1) is 8.09. The van der Waals surface area contributed by atoms with Gasteiger partial charge in [-0.05, 0) is 31.7 Å². The van der Waals surface area contributed by atoms with Crippen molar-refractivity contribution in [1.82, 2.24) is 14.5 Å². The Hall–Kier alpha value is -0.400. The molecule has 0 radical (unpaired) electrons. The zero-order valence-corrected chi connectivity index (χ0v) is 11.6. The molecule has 0 saturated carbocycles. The lowest BCUT2D eigenvalue weighted by molar-refractivity contribution is 0.254. The summed E-state index contributed by atoms with van der Waals surface area (Å²) in [6, 6.07) is 1.81. The molecule has 2 unspecified atom stereocenters. The normalized spacial score (nSPS) is 34.1. The number of alkyl halides is 1. The van der Waals surface area contributed by atoms with E-state index in [9.17, 15) is 8.42 Å². The van der Waals surface area contributed by atoms with E-state index in [-0.39, 0.29) is 17.1 Å². The van der Waals surface area contributed by atoms with Crippen LogP contribution in [0.2, 0.25) is 0 Å². The number of sulfonamides is 1. The molecule has 0 aromatic carbocycles. The first-order valence-electron chi connectivity index (χ1n) is 5.76. The number of halogens is 1. The van der Waals surface area contributed by atoms with Crippen LogP contribution < -0.4 is 0 Å². The van der Waals surface area contributed by atoms with Gasteiger partial charge in [0.2, 0.25) is 0 Å². The first kappa shape index (κ1) is 11.7. The van der Waals surface area contributed by atoms with Crippen molar-refractivity contribution in [2.24, 2.45) is 0 Å². The van der Waals surface area contributed by atoms with Crippen LogP contribution in [0.5, 0.6) is 0 Å². The van der Waals surface area contributed by atoms with E-state index in [0.29, 0.717) is 4.83 Å². The van der Waals surface area contributed by atoms with Gasteiger partial charge in [0.05, 0.1) is 6.20 Å². The van der Waals surface area contributed by atoms with Gasteiger partial charge in [0.25, 0.3) is 10.0 Å². The molecule has 2 bridgehead atoms. The molecule has 17 heavy (non-hydrogen) atoms. The molecule has 1 aromatic heterocycles. The number of aromatic nitrogens is 2. The Morgan fingerprint density at radius 2 is 2.00 bits per heavy atom. The second-order valence-corrected chi connectivity index (χ2v) is 7.82. The largest absolute Gasteiger partial charge is 0.266 e. The van der Waals surface area contributed by atoms with Crippen LogP contribution in [0.25, 0.3) is 0 Å². The Kier molecular flexibility index (Phi) is 2.79. The molecule has 2 atom stereocenters. The average Bonchev–Trinajstić information content (AvgIpc) is 2.86. The third-order valence-electron chi connectivity index (χ3n) is 3.64. The number of nitrogens with one attached hydrogen (secondary N) is 1. The van der Waals surface area contributed by atoms with E-state index >= 15 is 0 Å². The summed E-state index contributed by atoms with van der Waals surface area (Å²) in [5, 5.41) is 6.50. The second kappa shape index (κ2) is 4.07. The van der Waals surface area contributed by atoms with Gasteiger partial charge in [0, 0.05) is 16.9 Å². The maximum atomic E-state index is 12.5. The summed E-state index contributed by atoms with van der Waals surface area (Å²) >= 11 is 3.61. The van der Waals surface area contributed by atoms with Crippen molar-refractivity contribution in [3.8, 4) is 0 Å². The van der Waals surface area contributed by atoms with Gasteiger partial charge in [-0.2, -0.15) is 9.40 Å². The van der Waals surface area contributed by atoms with Crippen LogP contribution in [-0.2, 0) is 10.0 Å². The lowest BCUT2D eigenvalue weighted by atomic mass is 10.1. The van der Waals surface area contributed by atoms with E-state index in [1.54, 1.807) is 4.31 Å². The Labute approximate surface area is 109 Å². The summed E-state index contributed by atoms with van der Waals surface area (Å²) in [6.45, 7) is 0. The highest BCUT2D eigenvalue weighted by Gasteiger charge is 2.46. The first-order valence-corrected chi connectivity index (χ1v) is 8.11. The number of aromatic amines is 1. The van der Waals surface area contributed by atoms with Crippen molar-refractivity contribution in [3.05, 3.63) is 12.3 Å². The topological polar surface area (TPSA) is 66.1 Å². The Balaban J connectivity index is 1.96. The molecular weight excluding hydrogens is 306 g/mol. The highest BCUT2D eigenvalue weighted by Crippen LogP contribution is 2.41. The van der Waals surface area contributed by atoms with Crippen molar-refractivity contribution >= 4 is 26.0 Å². The molecule has 2 fully saturated rings. The highest BCUT2D eigenvalue weighted by atomic mass is 79.9. The van der Waals surface area contributed by atoms with Crippen molar-refractivity contribution in [2.45, 2.75) is 47.6 Å². The summed E-state index contributed by atoms with van der Waals surface area (Å²) in [6.07, 6.45) is 5.24. The number of nitrogens with zero attached hydrogens (tertiary/aromatic N) is 2. The van der Waals surface area contributed by atoms with E-state index in [1.165, 1.54) is 12.3 Å². The van der Waals surface area contributed by atoms with Crippen molar-refractivity contribution in [3.63, 3.8) is 0 Å². The Bertz CT molecular complexity index is 488. The molecule has 2 aliphatic rings. The minimum Gasteiger partial charge on any atom is -0.266 e. The molecule has 3 rings (SSSR count). The standard InChI is InChI=1S/C10H14BrN3O2S/c11-7-5-8-1-2-9(6-7)14(8)17(15,16)10-3-4-12-13-10/h3-4,7-9H,1-2,5-6H2,(H,12,13). The smallest absolute Gasteiger partial charge is 0.260 e. The third-order valence-corrected chi connectivity index (χ3v) is 6.32. The number of hydrogen-bond acceptors (Lipinski definition) is 3. The molecule has 0 aliphatic carbocycles. The predicted molar refractivity (Wildman–Crippen MR) is 66.4 cm³/mol. The van der Waals surface area contributed by atoms with Gasteiger partial charge in [-0.15, -0.1) is 0 Å². The monoisotopic (exact) mass is 319 g/mol. The second-order valence-electron chi connectivity index (χ2n) is 4.71. The fraction of sp³-hybridized carbons (Fsp3) is 0.700. The Morgan fingerprint density at radius 3 is 2.53 bits per heavy atom. The summed E-state index contributed by atoms with van der Waals surface area (Å²) in [5.74, 6) is 0. The summed E-state index contributed by atoms with van der Waals surface area (Å²) < 4.78 is 26.6. The highest BCUT2D eigenvalue weighted by molar-refractivity contribution is 9.09. The maximum Gasteiger partial charge on any atom is 0.260 e. The van der Waals surface area contributed by atoms with Gasteiger partial charge >= 0.3 is 0 Å². The zero-order chi connectivity index (χ0) is 12.0. The van der Waals surface area contributed by atoms with Crippen LogP contribution in [0.1, 0.15) is 25.7 Å². The van der Waals surface area contributed by atoms with Gasteiger partial charge in [-0.25, -0.2) is 8.42 Å². The molecule has 7 heteroatoms. The maximum absolute atomic E-state index is 12.5. The van der Waals surface area contributed by atoms with Crippen molar-refractivity contribution in [2.75, 3.05) is 0 Å². The molecule has 2 saturated heterocycles. The van der Waals surface area contributed by atoms with Gasteiger partial charge in [0.15, 0.2) is 5.03 Å². The van der Waals surface area contributed by atoms with E-state index in [2.05, 4.69) is 26.1 Å². The summed E-state index contributed by atoms with van der Waals surface area (Å²) in [5.41, 5.74) is 0. The van der Waals surface area contributed by atoms with E-state index in [0.717, 1.165) is 25.7 Å². The molecule has 0 spiro atoms. The molecule has 3 heterocycles. The van der Waals surface area contributed by atoms with Crippen LogP contribution >= 0.6 is 15.9 Å². The number of H-pyrrole nitrogens is 1. The van der Waals surface area contributed by atoms with Crippen molar-refractivity contribution < 1.29 is 8.42 Å². The number of piperidine rings is 1. The van der Waals surface area contributed by atoms with Gasteiger partial charge in [0.1, 0.15) is 0 Å². The summed E-state index contributed by atoms with van der Waals surface area (Å²) in [7, 11) is -3.38. The van der Waals surface area contributed by atoms with Crippen LogP contribution in [0.3, 0.4) is 0 Å². The van der Waals surface area contributed by atoms with Crippen LogP contribution in [-0.4, -0.2) is 39.8 Å². The van der Waals surface area contributed by atoms with Crippen LogP contribution in [0.15, 0.2) is 17.3 Å². The minimum atomic E-state index is -3.38. The SMILES string of the molecule is O=S(=O)(c1ccn[nH]1)N1C2CCC1CC(Br)C2. The van der Waals surface area contributed by atoms with Gasteiger partial charge < -0.3 is 0 Å². The fourth-order valence-corrected chi connectivity index (χ4v) is 5.62. The number of rotatable bonds is 2. The van der Waals surface area contributed by atoms with Crippen LogP contribution in [0.4, 0.5) is 0 Å². The molecular formula is C10H14BrN3O2S. The molecule has 1 N–H and O–H groups in total. The van der Waals surface area contributed by atoms with E-state index in [4.69, 9.17) is 0 Å². The van der Waals surface area contributed by atoms with E-state index < -0.39 is 10.0 Å². The molecule has 0 amide bonds. The lowest BCUT2D eigenvalue weighted by Gasteiger charge is -2.35. The summed E-state index contributed by atoms with van der Waals surface area (Å²) in [4.78, 5) is 0.452. The number of hydrogen-bond donors (Lipinski definition) is 1. The molecule has 2 aliphatic heterocycles. The average molecular weight is 320 g/mol. The quantitative estimate of drug-likeness (QED) is 0.840. The molecule has 1 aromatic rings. The lowest BCUT2D eigenvalue weighted by Crippen LogP contribution is -2.46. The van der Waals surface area contributed by atoms with Crippen LogP contribution in [0, 0.1) is 0 Å². The Morgan fingerprint density at radius 1 is 1.35 bits per heavy atom. The fourth-order valence-electron chi connectivity index (χ4n) is 2.96. The minimum absolute atomic E-state index is 0.145.